The summed E-state index contributed by atoms with van der Waals surface area (Å²) in [6.45, 7) is 0.335. The summed E-state index contributed by atoms with van der Waals surface area (Å²) in [5.41, 5.74) is 0. The number of hydrogen-bond acceptors (Lipinski definition) is 4. The van der Waals surface area contributed by atoms with Crippen LogP contribution in [0.3, 0.4) is 0 Å². The highest BCUT2D eigenvalue weighted by atomic mass is 32.2. The molecule has 1 aliphatic carbocycles. The summed E-state index contributed by atoms with van der Waals surface area (Å²) in [6.07, 6.45) is 3.47. The van der Waals surface area contributed by atoms with Crippen molar-refractivity contribution in [3.8, 4) is 0 Å². The summed E-state index contributed by atoms with van der Waals surface area (Å²) in [6, 6.07) is -0.382. The van der Waals surface area contributed by atoms with Gasteiger partial charge in [0.2, 0.25) is 10.0 Å². The van der Waals surface area contributed by atoms with E-state index in [-0.39, 0.29) is 31.1 Å². The standard InChI is InChI=1S/C11H21N3O5S/c1-20(18,19)13-7-6-12-11(17)14-9-4-2-8(3-5-9)10(15)16/h8-9,13H,2-7H2,1H3,(H,15,16)(H2,12,14,17). The van der Waals surface area contributed by atoms with E-state index in [0.29, 0.717) is 25.7 Å². The Kier molecular flexibility index (Phi) is 6.21. The molecule has 2 amide bonds. The predicted molar refractivity (Wildman–Crippen MR) is 72.8 cm³/mol. The van der Waals surface area contributed by atoms with Gasteiger partial charge in [0.15, 0.2) is 0 Å². The quantitative estimate of drug-likeness (QED) is 0.491. The first-order chi connectivity index (χ1) is 9.28. The average molecular weight is 307 g/mol. The van der Waals surface area contributed by atoms with Crippen molar-refractivity contribution in [3.05, 3.63) is 0 Å². The Labute approximate surface area is 118 Å². The fourth-order valence-corrected chi connectivity index (χ4v) is 2.61. The van der Waals surface area contributed by atoms with Crippen molar-refractivity contribution in [2.24, 2.45) is 5.92 Å². The number of carboxylic acid groups (broad SMARTS) is 1. The summed E-state index contributed by atoms with van der Waals surface area (Å²) >= 11 is 0. The third-order valence-corrected chi connectivity index (χ3v) is 3.91. The van der Waals surface area contributed by atoms with Crippen molar-refractivity contribution >= 4 is 22.0 Å². The van der Waals surface area contributed by atoms with E-state index >= 15 is 0 Å². The molecule has 0 aromatic carbocycles. The lowest BCUT2D eigenvalue weighted by atomic mass is 9.86. The molecule has 116 valence electrons. The van der Waals surface area contributed by atoms with E-state index in [9.17, 15) is 18.0 Å². The van der Waals surface area contributed by atoms with Crippen molar-refractivity contribution in [1.82, 2.24) is 15.4 Å². The molecule has 0 unspecified atom stereocenters. The number of urea groups is 1. The van der Waals surface area contributed by atoms with Gasteiger partial charge in [-0.15, -0.1) is 0 Å². The van der Waals surface area contributed by atoms with Gasteiger partial charge in [0, 0.05) is 19.1 Å². The SMILES string of the molecule is CS(=O)(=O)NCCNC(=O)NC1CCC(C(=O)O)CC1. The first kappa shape index (κ1) is 16.7. The number of sulfonamides is 1. The van der Waals surface area contributed by atoms with Crippen LogP contribution in [0.1, 0.15) is 25.7 Å². The molecule has 1 fully saturated rings. The minimum atomic E-state index is -3.24. The molecule has 0 aliphatic heterocycles. The first-order valence-electron chi connectivity index (χ1n) is 6.50. The summed E-state index contributed by atoms with van der Waals surface area (Å²) in [7, 11) is -3.24. The van der Waals surface area contributed by atoms with Crippen LogP contribution in [0.5, 0.6) is 0 Å². The Balaban J connectivity index is 2.16. The third kappa shape index (κ3) is 6.71. The zero-order chi connectivity index (χ0) is 15.2. The lowest BCUT2D eigenvalue weighted by molar-refractivity contribution is -0.142. The molecule has 9 heteroatoms. The minimum absolute atomic E-state index is 0.0199. The molecule has 0 bridgehead atoms. The van der Waals surface area contributed by atoms with Gasteiger partial charge in [-0.05, 0) is 25.7 Å². The van der Waals surface area contributed by atoms with E-state index in [2.05, 4.69) is 15.4 Å². The molecule has 0 atom stereocenters. The molecule has 8 nitrogen and oxygen atoms in total. The van der Waals surface area contributed by atoms with Crippen molar-refractivity contribution in [1.29, 1.82) is 0 Å². The van der Waals surface area contributed by atoms with Gasteiger partial charge in [-0.2, -0.15) is 0 Å². The van der Waals surface area contributed by atoms with Gasteiger partial charge in [0.05, 0.1) is 12.2 Å². The maximum absolute atomic E-state index is 11.5. The third-order valence-electron chi connectivity index (χ3n) is 3.19. The van der Waals surface area contributed by atoms with Crippen molar-refractivity contribution in [3.63, 3.8) is 0 Å². The Morgan fingerprint density at radius 2 is 1.75 bits per heavy atom. The molecule has 1 saturated carbocycles. The summed E-state index contributed by atoms with van der Waals surface area (Å²) in [5.74, 6) is -1.09. The number of amides is 2. The molecule has 0 heterocycles. The predicted octanol–water partition coefficient (Wildman–Crippen LogP) is -0.522. The zero-order valence-corrected chi connectivity index (χ0v) is 12.2. The van der Waals surface area contributed by atoms with Gasteiger partial charge in [-0.1, -0.05) is 0 Å². The number of hydrogen-bond donors (Lipinski definition) is 4. The molecule has 4 N–H and O–H groups in total. The summed E-state index contributed by atoms with van der Waals surface area (Å²) < 4.78 is 23.8. The smallest absolute Gasteiger partial charge is 0.315 e. The Hall–Kier alpha value is -1.35. The number of nitrogens with one attached hydrogen (secondary N) is 3. The second-order valence-electron chi connectivity index (χ2n) is 4.95. The monoisotopic (exact) mass is 307 g/mol. The van der Waals surface area contributed by atoms with Gasteiger partial charge in [0.1, 0.15) is 0 Å². The number of carbonyl (C=O) groups excluding carboxylic acids is 1. The van der Waals surface area contributed by atoms with Crippen molar-refractivity contribution in [2.75, 3.05) is 19.3 Å². The van der Waals surface area contributed by atoms with Crippen LogP contribution in [0.15, 0.2) is 0 Å². The molecule has 20 heavy (non-hydrogen) atoms. The van der Waals surface area contributed by atoms with E-state index < -0.39 is 16.0 Å². The number of aliphatic carboxylic acids is 1. The van der Waals surface area contributed by atoms with Crippen LogP contribution < -0.4 is 15.4 Å². The van der Waals surface area contributed by atoms with Gasteiger partial charge < -0.3 is 15.7 Å². The fourth-order valence-electron chi connectivity index (χ4n) is 2.13. The van der Waals surface area contributed by atoms with Gasteiger partial charge in [0.25, 0.3) is 0 Å². The van der Waals surface area contributed by atoms with Gasteiger partial charge >= 0.3 is 12.0 Å². The van der Waals surface area contributed by atoms with Crippen LogP contribution in [0.4, 0.5) is 4.79 Å². The molecule has 1 aliphatic rings. The van der Waals surface area contributed by atoms with Crippen LogP contribution in [0, 0.1) is 5.92 Å². The Bertz CT molecular complexity index is 443. The molecule has 0 aromatic rings. The normalized spacial score (nSPS) is 23.1. The first-order valence-corrected chi connectivity index (χ1v) is 8.39. The molecular weight excluding hydrogens is 286 g/mol. The van der Waals surface area contributed by atoms with Crippen LogP contribution in [-0.4, -0.2) is 50.9 Å². The molecular formula is C11H21N3O5S. The maximum atomic E-state index is 11.5. The van der Waals surface area contributed by atoms with Crippen LogP contribution in [0.2, 0.25) is 0 Å². The topological polar surface area (TPSA) is 125 Å². The van der Waals surface area contributed by atoms with Gasteiger partial charge in [-0.3, -0.25) is 4.79 Å². The van der Waals surface area contributed by atoms with Crippen LogP contribution in [-0.2, 0) is 14.8 Å². The highest BCUT2D eigenvalue weighted by molar-refractivity contribution is 7.88. The van der Waals surface area contributed by atoms with Crippen molar-refractivity contribution in [2.45, 2.75) is 31.7 Å². The summed E-state index contributed by atoms with van der Waals surface area (Å²) in [5, 5.41) is 14.2. The Morgan fingerprint density at radius 1 is 1.15 bits per heavy atom. The second-order valence-corrected chi connectivity index (χ2v) is 6.79. The number of carbonyl (C=O) groups is 2. The number of carboxylic acids is 1. The minimum Gasteiger partial charge on any atom is -0.481 e. The molecule has 0 aromatic heterocycles. The lowest BCUT2D eigenvalue weighted by Crippen LogP contribution is -2.46. The van der Waals surface area contributed by atoms with Crippen LogP contribution in [0.25, 0.3) is 0 Å². The highest BCUT2D eigenvalue weighted by Gasteiger charge is 2.26. The van der Waals surface area contributed by atoms with E-state index in [0.717, 1.165) is 6.26 Å². The highest BCUT2D eigenvalue weighted by Crippen LogP contribution is 2.24. The van der Waals surface area contributed by atoms with E-state index in [4.69, 9.17) is 5.11 Å². The summed E-state index contributed by atoms with van der Waals surface area (Å²) in [4.78, 5) is 22.3. The maximum Gasteiger partial charge on any atom is 0.315 e. The van der Waals surface area contributed by atoms with Crippen LogP contribution >= 0.6 is 0 Å². The van der Waals surface area contributed by atoms with E-state index in [1.165, 1.54) is 0 Å². The largest absolute Gasteiger partial charge is 0.481 e. The number of rotatable bonds is 6. The second kappa shape index (κ2) is 7.44. The molecule has 1 rings (SSSR count). The molecule has 0 radical (unpaired) electrons. The molecule has 0 saturated heterocycles. The van der Waals surface area contributed by atoms with Gasteiger partial charge in [-0.25, -0.2) is 17.9 Å². The van der Waals surface area contributed by atoms with E-state index in [1.807, 2.05) is 0 Å². The molecule has 0 spiro atoms. The van der Waals surface area contributed by atoms with Crippen molar-refractivity contribution < 1.29 is 23.1 Å². The Morgan fingerprint density at radius 3 is 2.25 bits per heavy atom. The van der Waals surface area contributed by atoms with E-state index in [1.54, 1.807) is 0 Å². The zero-order valence-electron chi connectivity index (χ0n) is 11.4. The average Bonchev–Trinajstić information content (AvgIpc) is 2.34. The fraction of sp³-hybridized carbons (Fsp3) is 0.818. The lowest BCUT2D eigenvalue weighted by Gasteiger charge is -2.26.